The van der Waals surface area contributed by atoms with Crippen molar-refractivity contribution in [1.29, 1.82) is 0 Å². The number of rotatable bonds is 2. The third-order valence-corrected chi connectivity index (χ3v) is 4.11. The summed E-state index contributed by atoms with van der Waals surface area (Å²) in [6, 6.07) is 9.91. The number of hydrogen-bond donors (Lipinski definition) is 1. The molecule has 0 spiro atoms. The Morgan fingerprint density at radius 3 is 3.00 bits per heavy atom. The van der Waals surface area contributed by atoms with Gasteiger partial charge < -0.3 is 10.2 Å². The van der Waals surface area contributed by atoms with Gasteiger partial charge in [-0.3, -0.25) is 4.79 Å². The van der Waals surface area contributed by atoms with Crippen molar-refractivity contribution in [1.82, 2.24) is 4.98 Å². The van der Waals surface area contributed by atoms with Gasteiger partial charge in [-0.2, -0.15) is 0 Å². The number of aromatic nitrogens is 1. The minimum atomic E-state index is -0.0136. The van der Waals surface area contributed by atoms with Crippen molar-refractivity contribution < 1.29 is 4.79 Å². The molecule has 0 fully saturated rings. The second-order valence-electron chi connectivity index (χ2n) is 4.99. The molecule has 1 aromatic carbocycles. The summed E-state index contributed by atoms with van der Waals surface area (Å²) < 4.78 is 0.801. The summed E-state index contributed by atoms with van der Waals surface area (Å²) in [4.78, 5) is 19.0. The molecule has 21 heavy (non-hydrogen) atoms. The van der Waals surface area contributed by atoms with Gasteiger partial charge >= 0.3 is 0 Å². The van der Waals surface area contributed by atoms with E-state index in [0.717, 1.165) is 29.5 Å². The lowest BCUT2D eigenvalue weighted by atomic mass is 10.0. The Labute approximate surface area is 132 Å². The third kappa shape index (κ3) is 2.65. The zero-order chi connectivity index (χ0) is 14.8. The van der Waals surface area contributed by atoms with Crippen LogP contribution in [0.4, 0.5) is 11.5 Å². The summed E-state index contributed by atoms with van der Waals surface area (Å²) >= 11 is 3.39. The normalized spacial score (nSPS) is 13.7. The molecule has 1 N–H and O–H groups in total. The molecule has 4 nitrogen and oxygen atoms in total. The fraction of sp³-hybridized carbons (Fsp3) is 0.250. The Balaban J connectivity index is 2.02. The topological polar surface area (TPSA) is 45.2 Å². The molecule has 0 saturated heterocycles. The van der Waals surface area contributed by atoms with Crippen LogP contribution in [-0.4, -0.2) is 24.5 Å². The third-order valence-electron chi connectivity index (χ3n) is 3.68. The van der Waals surface area contributed by atoms with Crippen molar-refractivity contribution in [2.24, 2.45) is 0 Å². The highest BCUT2D eigenvalue weighted by Gasteiger charge is 2.25. The van der Waals surface area contributed by atoms with Crippen LogP contribution in [0.1, 0.15) is 22.3 Å². The Kier molecular flexibility index (Phi) is 3.92. The molecule has 5 heteroatoms. The van der Waals surface area contributed by atoms with Gasteiger partial charge in [0, 0.05) is 29.9 Å². The number of amides is 1. The average molecular weight is 346 g/mol. The predicted molar refractivity (Wildman–Crippen MR) is 87.9 cm³/mol. The fourth-order valence-electron chi connectivity index (χ4n) is 2.69. The molecule has 1 aliphatic rings. The number of para-hydroxylation sites is 1. The van der Waals surface area contributed by atoms with Gasteiger partial charge in [0.05, 0.1) is 5.56 Å². The lowest BCUT2D eigenvalue weighted by Crippen LogP contribution is -2.35. The summed E-state index contributed by atoms with van der Waals surface area (Å²) in [5.74, 6) is 0.589. The van der Waals surface area contributed by atoms with Crippen LogP contribution in [0.25, 0.3) is 0 Å². The van der Waals surface area contributed by atoms with Gasteiger partial charge in [0.25, 0.3) is 5.91 Å². The van der Waals surface area contributed by atoms with Crippen molar-refractivity contribution in [3.63, 3.8) is 0 Å². The van der Waals surface area contributed by atoms with Crippen LogP contribution < -0.4 is 10.2 Å². The summed E-state index contributed by atoms with van der Waals surface area (Å²) in [5, 5.41) is 2.99. The summed E-state index contributed by atoms with van der Waals surface area (Å²) in [7, 11) is 1.77. The van der Waals surface area contributed by atoms with Crippen LogP contribution in [0, 0.1) is 0 Å². The minimum absolute atomic E-state index is 0.0136. The number of fused-ring (bicyclic) bond motifs is 1. The molecule has 0 aliphatic carbocycles. The highest BCUT2D eigenvalue weighted by Crippen LogP contribution is 2.29. The van der Waals surface area contributed by atoms with Gasteiger partial charge in [-0.1, -0.05) is 18.2 Å². The highest BCUT2D eigenvalue weighted by atomic mass is 79.9. The maximum atomic E-state index is 12.9. The quantitative estimate of drug-likeness (QED) is 0.906. The zero-order valence-electron chi connectivity index (χ0n) is 11.8. The minimum Gasteiger partial charge on any atom is -0.372 e. The Bertz CT molecular complexity index is 687. The van der Waals surface area contributed by atoms with E-state index in [4.69, 9.17) is 0 Å². The standard InChI is InChI=1S/C16H16BrN3O/c1-18-15-13(9-12(17)10-19-15)16(21)20-8-4-6-11-5-2-3-7-14(11)20/h2-3,5,7,9-10H,4,6,8H2,1H3,(H,18,19). The number of anilines is 2. The summed E-state index contributed by atoms with van der Waals surface area (Å²) in [5.41, 5.74) is 2.82. The SMILES string of the molecule is CNc1ncc(Br)cc1C(=O)N1CCCc2ccccc21. The summed E-state index contributed by atoms with van der Waals surface area (Å²) in [6.07, 6.45) is 3.70. The number of halogens is 1. The second-order valence-corrected chi connectivity index (χ2v) is 5.90. The van der Waals surface area contributed by atoms with E-state index in [1.807, 2.05) is 29.2 Å². The fourth-order valence-corrected chi connectivity index (χ4v) is 3.02. The molecule has 1 aromatic heterocycles. The maximum absolute atomic E-state index is 12.9. The number of hydrogen-bond acceptors (Lipinski definition) is 3. The van der Waals surface area contributed by atoms with E-state index in [2.05, 4.69) is 32.3 Å². The van der Waals surface area contributed by atoms with Crippen molar-refractivity contribution >= 4 is 33.3 Å². The number of nitrogens with zero attached hydrogens (tertiary/aromatic N) is 2. The molecule has 1 amide bonds. The van der Waals surface area contributed by atoms with Crippen LogP contribution in [0.2, 0.25) is 0 Å². The Hall–Kier alpha value is -1.88. The first-order valence-corrected chi connectivity index (χ1v) is 7.73. The molecule has 0 saturated carbocycles. The van der Waals surface area contributed by atoms with Gasteiger partial charge in [0.1, 0.15) is 5.82 Å². The van der Waals surface area contributed by atoms with E-state index >= 15 is 0 Å². The Morgan fingerprint density at radius 2 is 2.19 bits per heavy atom. The second kappa shape index (κ2) is 5.85. The van der Waals surface area contributed by atoms with Crippen LogP contribution >= 0.6 is 15.9 Å². The molecule has 0 atom stereocenters. The van der Waals surface area contributed by atoms with E-state index in [9.17, 15) is 4.79 Å². The van der Waals surface area contributed by atoms with E-state index in [1.54, 1.807) is 13.2 Å². The van der Waals surface area contributed by atoms with E-state index in [-0.39, 0.29) is 5.91 Å². The van der Waals surface area contributed by atoms with E-state index in [0.29, 0.717) is 11.4 Å². The smallest absolute Gasteiger partial charge is 0.262 e. The monoisotopic (exact) mass is 345 g/mol. The maximum Gasteiger partial charge on any atom is 0.262 e. The molecule has 1 aliphatic heterocycles. The number of carbonyl (C=O) groups is 1. The lowest BCUT2D eigenvalue weighted by Gasteiger charge is -2.29. The molecule has 108 valence electrons. The first kappa shape index (κ1) is 14.1. The number of pyridine rings is 1. The van der Waals surface area contributed by atoms with Gasteiger partial charge in [0.2, 0.25) is 0 Å². The molecule has 0 radical (unpaired) electrons. The van der Waals surface area contributed by atoms with E-state index in [1.165, 1.54) is 5.56 Å². The van der Waals surface area contributed by atoms with Gasteiger partial charge in [-0.25, -0.2) is 4.98 Å². The van der Waals surface area contributed by atoms with E-state index < -0.39 is 0 Å². The van der Waals surface area contributed by atoms with Crippen molar-refractivity contribution in [3.05, 3.63) is 52.1 Å². The average Bonchev–Trinajstić information content (AvgIpc) is 2.53. The molecule has 0 unspecified atom stereocenters. The molecule has 2 heterocycles. The first-order chi connectivity index (χ1) is 10.2. The molecular weight excluding hydrogens is 330 g/mol. The number of nitrogens with one attached hydrogen (secondary N) is 1. The molecule has 3 rings (SSSR count). The molecular formula is C16H16BrN3O. The largest absolute Gasteiger partial charge is 0.372 e. The first-order valence-electron chi connectivity index (χ1n) is 6.94. The molecule has 0 bridgehead atoms. The number of aryl methyl sites for hydroxylation is 1. The van der Waals surface area contributed by atoms with Gasteiger partial charge in [-0.05, 0) is 46.5 Å². The van der Waals surface area contributed by atoms with Gasteiger partial charge in [-0.15, -0.1) is 0 Å². The van der Waals surface area contributed by atoms with Crippen LogP contribution in [0.3, 0.4) is 0 Å². The summed E-state index contributed by atoms with van der Waals surface area (Å²) in [6.45, 7) is 0.742. The zero-order valence-corrected chi connectivity index (χ0v) is 13.4. The number of benzene rings is 1. The van der Waals surface area contributed by atoms with Crippen LogP contribution in [0.15, 0.2) is 41.0 Å². The van der Waals surface area contributed by atoms with Crippen LogP contribution in [-0.2, 0) is 6.42 Å². The Morgan fingerprint density at radius 1 is 1.38 bits per heavy atom. The van der Waals surface area contributed by atoms with Crippen molar-refractivity contribution in [2.45, 2.75) is 12.8 Å². The highest BCUT2D eigenvalue weighted by molar-refractivity contribution is 9.10. The van der Waals surface area contributed by atoms with Crippen molar-refractivity contribution in [2.75, 3.05) is 23.8 Å². The molecule has 2 aromatic rings. The predicted octanol–water partition coefficient (Wildman–Crippen LogP) is 3.48. The van der Waals surface area contributed by atoms with Crippen molar-refractivity contribution in [3.8, 4) is 0 Å². The van der Waals surface area contributed by atoms with Gasteiger partial charge in [0.15, 0.2) is 0 Å². The number of carbonyl (C=O) groups excluding carboxylic acids is 1. The van der Waals surface area contributed by atoms with Crippen LogP contribution in [0.5, 0.6) is 0 Å². The lowest BCUT2D eigenvalue weighted by molar-refractivity contribution is 0.0985.